The van der Waals surface area contributed by atoms with Gasteiger partial charge in [-0.25, -0.2) is 14.4 Å². The molecule has 2 aromatic carbocycles. The molecule has 4 aromatic rings. The molecular weight excluding hydrogens is 327 g/mol. The zero-order valence-corrected chi connectivity index (χ0v) is 14.2. The Labute approximate surface area is 150 Å². The molecule has 1 atom stereocenters. The van der Waals surface area contributed by atoms with Crippen molar-refractivity contribution in [3.8, 4) is 11.4 Å². The van der Waals surface area contributed by atoms with Gasteiger partial charge in [0, 0.05) is 29.4 Å². The molecule has 0 aliphatic rings. The quantitative estimate of drug-likeness (QED) is 0.566. The van der Waals surface area contributed by atoms with Gasteiger partial charge in [0.2, 0.25) is 0 Å². The molecule has 0 fully saturated rings. The first-order chi connectivity index (χ1) is 12.7. The van der Waals surface area contributed by atoms with Crippen molar-refractivity contribution in [3.63, 3.8) is 0 Å². The zero-order valence-electron chi connectivity index (χ0n) is 14.2. The molecule has 26 heavy (non-hydrogen) atoms. The van der Waals surface area contributed by atoms with Gasteiger partial charge in [0.25, 0.3) is 0 Å². The first kappa shape index (κ1) is 16.1. The van der Waals surface area contributed by atoms with Gasteiger partial charge in [-0.2, -0.15) is 0 Å². The fourth-order valence-corrected chi connectivity index (χ4v) is 2.85. The summed E-state index contributed by atoms with van der Waals surface area (Å²) >= 11 is 0. The summed E-state index contributed by atoms with van der Waals surface area (Å²) in [6, 6.07) is 18.1. The number of para-hydroxylation sites is 1. The van der Waals surface area contributed by atoms with Gasteiger partial charge in [0.15, 0.2) is 5.82 Å². The fraction of sp³-hybridized carbons (Fsp3) is 0.0952. The van der Waals surface area contributed by atoms with Gasteiger partial charge in [-0.1, -0.05) is 24.3 Å². The standard InChI is InChI=1S/C21H17FN4/c1-14(15-8-10-17(22)11-9-15)24-21-18-6-2-3-7-19(18)25-20(26-21)16-5-4-12-23-13-16/h2-14H,1H3,(H,24,25,26)/t14-/m0/s1. The molecule has 128 valence electrons. The van der Waals surface area contributed by atoms with Crippen molar-refractivity contribution in [3.05, 3.63) is 84.4 Å². The number of nitrogens with one attached hydrogen (secondary N) is 1. The minimum absolute atomic E-state index is 0.0318. The van der Waals surface area contributed by atoms with E-state index in [2.05, 4.69) is 15.3 Å². The zero-order chi connectivity index (χ0) is 17.9. The molecule has 2 heterocycles. The molecule has 1 N–H and O–H groups in total. The predicted molar refractivity (Wildman–Crippen MR) is 101 cm³/mol. The van der Waals surface area contributed by atoms with Gasteiger partial charge in [0.05, 0.1) is 5.52 Å². The molecule has 2 aromatic heterocycles. The lowest BCUT2D eigenvalue weighted by Crippen LogP contribution is -2.09. The number of anilines is 1. The van der Waals surface area contributed by atoms with Crippen molar-refractivity contribution in [2.24, 2.45) is 0 Å². The summed E-state index contributed by atoms with van der Waals surface area (Å²) in [5.74, 6) is 1.11. The average molecular weight is 344 g/mol. The van der Waals surface area contributed by atoms with E-state index in [1.807, 2.05) is 43.3 Å². The first-order valence-corrected chi connectivity index (χ1v) is 8.40. The third-order valence-corrected chi connectivity index (χ3v) is 4.25. The Bertz CT molecular complexity index is 1030. The highest BCUT2D eigenvalue weighted by molar-refractivity contribution is 5.90. The fourth-order valence-electron chi connectivity index (χ4n) is 2.85. The van der Waals surface area contributed by atoms with Crippen LogP contribution >= 0.6 is 0 Å². The summed E-state index contributed by atoms with van der Waals surface area (Å²) in [4.78, 5) is 13.5. The Hall–Kier alpha value is -3.34. The highest BCUT2D eigenvalue weighted by atomic mass is 19.1. The van der Waals surface area contributed by atoms with Crippen LogP contribution in [0.5, 0.6) is 0 Å². The van der Waals surface area contributed by atoms with Gasteiger partial charge >= 0.3 is 0 Å². The topological polar surface area (TPSA) is 50.7 Å². The molecule has 4 nitrogen and oxygen atoms in total. The maximum atomic E-state index is 13.2. The normalized spacial score (nSPS) is 12.1. The molecule has 0 radical (unpaired) electrons. The van der Waals surface area contributed by atoms with Crippen LogP contribution in [0.25, 0.3) is 22.3 Å². The molecule has 5 heteroatoms. The number of aromatic nitrogens is 3. The first-order valence-electron chi connectivity index (χ1n) is 8.40. The van der Waals surface area contributed by atoms with Crippen LogP contribution in [0.3, 0.4) is 0 Å². The Kier molecular flexibility index (Phi) is 4.27. The van der Waals surface area contributed by atoms with Crippen LogP contribution in [0.1, 0.15) is 18.5 Å². The van der Waals surface area contributed by atoms with Crippen molar-refractivity contribution in [1.29, 1.82) is 0 Å². The minimum atomic E-state index is -0.243. The van der Waals surface area contributed by atoms with Crippen LogP contribution in [0.2, 0.25) is 0 Å². The number of benzene rings is 2. The highest BCUT2D eigenvalue weighted by Crippen LogP contribution is 2.27. The molecule has 0 aliphatic carbocycles. The molecule has 0 aliphatic heterocycles. The molecule has 0 saturated heterocycles. The van der Waals surface area contributed by atoms with Crippen LogP contribution in [-0.4, -0.2) is 15.0 Å². The van der Waals surface area contributed by atoms with E-state index in [1.165, 1.54) is 12.1 Å². The lowest BCUT2D eigenvalue weighted by Gasteiger charge is -2.17. The molecule has 0 bridgehead atoms. The Morgan fingerprint density at radius 3 is 2.50 bits per heavy atom. The van der Waals surface area contributed by atoms with Crippen molar-refractivity contribution >= 4 is 16.7 Å². The predicted octanol–water partition coefficient (Wildman–Crippen LogP) is 5.00. The van der Waals surface area contributed by atoms with Gasteiger partial charge in [-0.15, -0.1) is 0 Å². The van der Waals surface area contributed by atoms with Crippen LogP contribution < -0.4 is 5.32 Å². The number of hydrogen-bond donors (Lipinski definition) is 1. The Balaban J connectivity index is 1.76. The van der Waals surface area contributed by atoms with Gasteiger partial charge in [-0.05, 0) is 48.9 Å². The molecule has 0 unspecified atom stereocenters. The van der Waals surface area contributed by atoms with Crippen molar-refractivity contribution in [1.82, 2.24) is 15.0 Å². The minimum Gasteiger partial charge on any atom is -0.363 e. The largest absolute Gasteiger partial charge is 0.363 e. The SMILES string of the molecule is C[C@H](Nc1nc(-c2cccnc2)nc2ccccc12)c1ccc(F)cc1. The number of nitrogens with zero attached hydrogens (tertiary/aromatic N) is 3. The summed E-state index contributed by atoms with van der Waals surface area (Å²) in [5, 5.41) is 4.38. The van der Waals surface area contributed by atoms with Crippen LogP contribution in [-0.2, 0) is 0 Å². The van der Waals surface area contributed by atoms with E-state index in [1.54, 1.807) is 24.5 Å². The summed E-state index contributed by atoms with van der Waals surface area (Å²) in [6.45, 7) is 2.02. The highest BCUT2D eigenvalue weighted by Gasteiger charge is 2.12. The van der Waals surface area contributed by atoms with Crippen molar-refractivity contribution in [2.45, 2.75) is 13.0 Å². The molecule has 0 saturated carbocycles. The van der Waals surface area contributed by atoms with Gasteiger partial charge in [0.1, 0.15) is 11.6 Å². The Morgan fingerprint density at radius 2 is 1.73 bits per heavy atom. The van der Waals surface area contributed by atoms with Crippen molar-refractivity contribution in [2.75, 3.05) is 5.32 Å². The smallest absolute Gasteiger partial charge is 0.163 e. The lowest BCUT2D eigenvalue weighted by atomic mass is 10.1. The second kappa shape index (κ2) is 6.88. The van der Waals surface area contributed by atoms with E-state index < -0.39 is 0 Å². The van der Waals surface area contributed by atoms with E-state index in [0.717, 1.165) is 27.8 Å². The second-order valence-corrected chi connectivity index (χ2v) is 6.07. The van der Waals surface area contributed by atoms with E-state index in [-0.39, 0.29) is 11.9 Å². The monoisotopic (exact) mass is 344 g/mol. The van der Waals surface area contributed by atoms with E-state index in [4.69, 9.17) is 4.98 Å². The maximum Gasteiger partial charge on any atom is 0.163 e. The third kappa shape index (κ3) is 3.24. The molecular formula is C21H17FN4. The number of rotatable bonds is 4. The molecule has 0 spiro atoms. The number of halogens is 1. The van der Waals surface area contributed by atoms with Crippen LogP contribution in [0.4, 0.5) is 10.2 Å². The second-order valence-electron chi connectivity index (χ2n) is 6.07. The Morgan fingerprint density at radius 1 is 0.923 bits per heavy atom. The van der Waals surface area contributed by atoms with Gasteiger partial charge < -0.3 is 5.32 Å². The maximum absolute atomic E-state index is 13.2. The number of pyridine rings is 1. The third-order valence-electron chi connectivity index (χ3n) is 4.25. The van der Waals surface area contributed by atoms with E-state index in [9.17, 15) is 4.39 Å². The summed E-state index contributed by atoms with van der Waals surface area (Å²) in [6.07, 6.45) is 3.47. The average Bonchev–Trinajstić information content (AvgIpc) is 2.69. The summed E-state index contributed by atoms with van der Waals surface area (Å²) < 4.78 is 13.2. The summed E-state index contributed by atoms with van der Waals surface area (Å²) in [5.41, 5.74) is 2.70. The van der Waals surface area contributed by atoms with E-state index in [0.29, 0.717) is 5.82 Å². The summed E-state index contributed by atoms with van der Waals surface area (Å²) in [7, 11) is 0. The number of fused-ring (bicyclic) bond motifs is 1. The van der Waals surface area contributed by atoms with Crippen LogP contribution in [0.15, 0.2) is 73.1 Å². The number of hydrogen-bond acceptors (Lipinski definition) is 4. The molecule has 0 amide bonds. The van der Waals surface area contributed by atoms with Crippen LogP contribution in [0, 0.1) is 5.82 Å². The van der Waals surface area contributed by atoms with Crippen molar-refractivity contribution < 1.29 is 4.39 Å². The molecule has 4 rings (SSSR count). The van der Waals surface area contributed by atoms with E-state index >= 15 is 0 Å². The van der Waals surface area contributed by atoms with Gasteiger partial charge in [-0.3, -0.25) is 4.98 Å². The lowest BCUT2D eigenvalue weighted by molar-refractivity contribution is 0.626.